The summed E-state index contributed by atoms with van der Waals surface area (Å²) in [5, 5.41) is 15.9. The number of amides is 1. The zero-order valence-corrected chi connectivity index (χ0v) is 13.3. The molecule has 0 radical (unpaired) electrons. The SMILES string of the molecule is CC(C)CC(NC(=O)c1ccc(Cn2cccn2)cc1)C(=O)O. The first-order valence-corrected chi connectivity index (χ1v) is 7.55. The Labute approximate surface area is 135 Å². The highest BCUT2D eigenvalue weighted by molar-refractivity contribution is 5.96. The average Bonchev–Trinajstić information content (AvgIpc) is 2.99. The Morgan fingerprint density at radius 3 is 2.48 bits per heavy atom. The summed E-state index contributed by atoms with van der Waals surface area (Å²) in [5.74, 6) is -1.20. The van der Waals surface area contributed by atoms with Gasteiger partial charge in [-0.05, 0) is 36.1 Å². The normalized spacial score (nSPS) is 12.1. The number of aromatic nitrogens is 2. The second-order valence-corrected chi connectivity index (χ2v) is 5.89. The molecule has 0 aliphatic carbocycles. The first-order valence-electron chi connectivity index (χ1n) is 7.55. The van der Waals surface area contributed by atoms with E-state index in [-0.39, 0.29) is 11.8 Å². The maximum atomic E-state index is 12.2. The molecule has 0 aliphatic rings. The molecule has 1 atom stereocenters. The third kappa shape index (κ3) is 4.95. The third-order valence-corrected chi connectivity index (χ3v) is 3.43. The Kier molecular flexibility index (Phi) is 5.51. The minimum absolute atomic E-state index is 0.188. The molecular weight excluding hydrogens is 294 g/mol. The number of benzene rings is 1. The van der Waals surface area contributed by atoms with E-state index < -0.39 is 12.0 Å². The molecule has 23 heavy (non-hydrogen) atoms. The molecule has 1 amide bonds. The predicted octanol–water partition coefficient (Wildman–Crippen LogP) is 2.16. The summed E-state index contributed by atoms with van der Waals surface area (Å²) >= 11 is 0. The maximum Gasteiger partial charge on any atom is 0.326 e. The van der Waals surface area contributed by atoms with Gasteiger partial charge in [0, 0.05) is 18.0 Å². The molecule has 6 heteroatoms. The van der Waals surface area contributed by atoms with E-state index in [1.54, 1.807) is 23.0 Å². The summed E-state index contributed by atoms with van der Waals surface area (Å²) < 4.78 is 1.79. The number of carbonyl (C=O) groups excluding carboxylic acids is 1. The Morgan fingerprint density at radius 1 is 1.26 bits per heavy atom. The minimum atomic E-state index is -1.01. The molecule has 0 saturated carbocycles. The highest BCUT2D eigenvalue weighted by Crippen LogP contribution is 2.09. The smallest absolute Gasteiger partial charge is 0.326 e. The van der Waals surface area contributed by atoms with E-state index in [1.807, 2.05) is 38.2 Å². The zero-order valence-electron chi connectivity index (χ0n) is 13.3. The van der Waals surface area contributed by atoms with Gasteiger partial charge in [-0.15, -0.1) is 0 Å². The second-order valence-electron chi connectivity index (χ2n) is 5.89. The van der Waals surface area contributed by atoms with Gasteiger partial charge in [0.25, 0.3) is 5.91 Å². The van der Waals surface area contributed by atoms with Crippen LogP contribution in [-0.2, 0) is 11.3 Å². The van der Waals surface area contributed by atoms with Crippen LogP contribution in [0.15, 0.2) is 42.7 Å². The largest absolute Gasteiger partial charge is 0.480 e. The molecular formula is C17H21N3O3. The molecule has 1 aromatic carbocycles. The molecule has 2 aromatic rings. The fraction of sp³-hybridized carbons (Fsp3) is 0.353. The number of carboxylic acid groups (broad SMARTS) is 1. The number of nitrogens with one attached hydrogen (secondary N) is 1. The Balaban J connectivity index is 2.00. The van der Waals surface area contributed by atoms with Crippen molar-refractivity contribution in [1.29, 1.82) is 0 Å². The molecule has 1 heterocycles. The number of hydrogen-bond acceptors (Lipinski definition) is 3. The van der Waals surface area contributed by atoms with Crippen molar-refractivity contribution in [2.24, 2.45) is 5.92 Å². The Bertz CT molecular complexity index is 648. The molecule has 122 valence electrons. The van der Waals surface area contributed by atoms with Crippen molar-refractivity contribution in [3.05, 3.63) is 53.9 Å². The molecule has 1 unspecified atom stereocenters. The highest BCUT2D eigenvalue weighted by atomic mass is 16.4. The van der Waals surface area contributed by atoms with E-state index in [1.165, 1.54) is 0 Å². The lowest BCUT2D eigenvalue weighted by Crippen LogP contribution is -2.41. The van der Waals surface area contributed by atoms with Gasteiger partial charge in [0.05, 0.1) is 6.54 Å². The summed E-state index contributed by atoms with van der Waals surface area (Å²) in [4.78, 5) is 23.4. The van der Waals surface area contributed by atoms with Crippen LogP contribution in [0.25, 0.3) is 0 Å². The number of hydrogen-bond donors (Lipinski definition) is 2. The van der Waals surface area contributed by atoms with E-state index >= 15 is 0 Å². The van der Waals surface area contributed by atoms with Gasteiger partial charge in [0.15, 0.2) is 0 Å². The summed E-state index contributed by atoms with van der Waals surface area (Å²) in [6.07, 6.45) is 3.98. The van der Waals surface area contributed by atoms with Crippen molar-refractivity contribution in [3.63, 3.8) is 0 Å². The molecule has 2 rings (SSSR count). The van der Waals surface area contributed by atoms with Gasteiger partial charge in [0.2, 0.25) is 0 Å². The summed E-state index contributed by atoms with van der Waals surface area (Å²) in [6, 6.07) is 8.06. The summed E-state index contributed by atoms with van der Waals surface area (Å²) in [5.41, 5.74) is 1.46. The van der Waals surface area contributed by atoms with E-state index in [2.05, 4.69) is 10.4 Å². The van der Waals surface area contributed by atoms with Crippen LogP contribution < -0.4 is 5.32 Å². The van der Waals surface area contributed by atoms with Crippen LogP contribution in [0.1, 0.15) is 36.2 Å². The first kappa shape index (κ1) is 16.7. The molecule has 0 bridgehead atoms. The average molecular weight is 315 g/mol. The van der Waals surface area contributed by atoms with Gasteiger partial charge in [0.1, 0.15) is 6.04 Å². The lowest BCUT2D eigenvalue weighted by Gasteiger charge is -2.16. The van der Waals surface area contributed by atoms with Crippen molar-refractivity contribution in [2.75, 3.05) is 0 Å². The summed E-state index contributed by atoms with van der Waals surface area (Å²) in [6.45, 7) is 4.47. The molecule has 6 nitrogen and oxygen atoms in total. The highest BCUT2D eigenvalue weighted by Gasteiger charge is 2.21. The van der Waals surface area contributed by atoms with Gasteiger partial charge in [-0.2, -0.15) is 5.10 Å². The van der Waals surface area contributed by atoms with Gasteiger partial charge >= 0.3 is 5.97 Å². The quantitative estimate of drug-likeness (QED) is 0.820. The molecule has 0 spiro atoms. The van der Waals surface area contributed by atoms with E-state index in [0.717, 1.165) is 5.56 Å². The van der Waals surface area contributed by atoms with Crippen molar-refractivity contribution >= 4 is 11.9 Å². The lowest BCUT2D eigenvalue weighted by molar-refractivity contribution is -0.139. The molecule has 0 aliphatic heterocycles. The van der Waals surface area contributed by atoms with Crippen LogP contribution >= 0.6 is 0 Å². The van der Waals surface area contributed by atoms with Crippen molar-refractivity contribution in [2.45, 2.75) is 32.9 Å². The number of carboxylic acids is 1. The number of rotatable bonds is 7. The molecule has 2 N–H and O–H groups in total. The van der Waals surface area contributed by atoms with Crippen LogP contribution in [0.3, 0.4) is 0 Å². The van der Waals surface area contributed by atoms with Crippen molar-refractivity contribution < 1.29 is 14.7 Å². The second kappa shape index (κ2) is 7.58. The molecule has 0 saturated heterocycles. The first-order chi connectivity index (χ1) is 11.0. The zero-order chi connectivity index (χ0) is 16.8. The molecule has 0 fully saturated rings. The number of aliphatic carboxylic acids is 1. The minimum Gasteiger partial charge on any atom is -0.480 e. The van der Waals surface area contributed by atoms with Crippen LogP contribution in [0, 0.1) is 5.92 Å². The van der Waals surface area contributed by atoms with E-state index in [0.29, 0.717) is 18.5 Å². The monoisotopic (exact) mass is 315 g/mol. The third-order valence-electron chi connectivity index (χ3n) is 3.43. The van der Waals surface area contributed by atoms with Crippen LogP contribution in [0.4, 0.5) is 0 Å². The Hall–Kier alpha value is -2.63. The van der Waals surface area contributed by atoms with Gasteiger partial charge in [-0.1, -0.05) is 26.0 Å². The van der Waals surface area contributed by atoms with Crippen molar-refractivity contribution in [1.82, 2.24) is 15.1 Å². The fourth-order valence-electron chi connectivity index (χ4n) is 2.28. The van der Waals surface area contributed by atoms with Gasteiger partial charge in [-0.25, -0.2) is 4.79 Å². The van der Waals surface area contributed by atoms with Crippen LogP contribution in [-0.4, -0.2) is 32.8 Å². The number of nitrogens with zero attached hydrogens (tertiary/aromatic N) is 2. The Morgan fingerprint density at radius 2 is 1.96 bits per heavy atom. The van der Waals surface area contributed by atoms with E-state index in [4.69, 9.17) is 0 Å². The van der Waals surface area contributed by atoms with Gasteiger partial charge < -0.3 is 10.4 Å². The van der Waals surface area contributed by atoms with E-state index in [9.17, 15) is 14.7 Å². The standard InChI is InChI=1S/C17H21N3O3/c1-12(2)10-15(17(22)23)19-16(21)14-6-4-13(5-7-14)11-20-9-3-8-18-20/h3-9,12,15H,10-11H2,1-2H3,(H,19,21)(H,22,23). The van der Waals surface area contributed by atoms with Gasteiger partial charge in [-0.3, -0.25) is 9.48 Å². The van der Waals surface area contributed by atoms with Crippen LogP contribution in [0.5, 0.6) is 0 Å². The molecule has 1 aromatic heterocycles. The van der Waals surface area contributed by atoms with Crippen LogP contribution in [0.2, 0.25) is 0 Å². The topological polar surface area (TPSA) is 84.2 Å². The summed E-state index contributed by atoms with van der Waals surface area (Å²) in [7, 11) is 0. The maximum absolute atomic E-state index is 12.2. The fourth-order valence-corrected chi connectivity index (χ4v) is 2.28. The number of carbonyl (C=O) groups is 2. The predicted molar refractivity (Wildman–Crippen MR) is 86.1 cm³/mol. The lowest BCUT2D eigenvalue weighted by atomic mass is 10.0. The van der Waals surface area contributed by atoms with Crippen molar-refractivity contribution in [3.8, 4) is 0 Å².